The maximum absolute atomic E-state index is 12.8. The summed E-state index contributed by atoms with van der Waals surface area (Å²) >= 11 is 6.09. The van der Waals surface area contributed by atoms with Crippen molar-refractivity contribution in [3.05, 3.63) is 82.9 Å². The quantitative estimate of drug-likeness (QED) is 0.449. The van der Waals surface area contributed by atoms with Crippen molar-refractivity contribution >= 4 is 28.6 Å². The molecule has 0 bridgehead atoms. The number of aromatic nitrogens is 3. The monoisotopic (exact) mass is 447 g/mol. The Morgan fingerprint density at radius 1 is 1.00 bits per heavy atom. The molecule has 0 fully saturated rings. The molecule has 1 atom stereocenters. The Kier molecular flexibility index (Phi) is 5.28. The molecule has 0 spiro atoms. The number of alkyl halides is 3. The zero-order chi connectivity index (χ0) is 22.2. The first-order valence-corrected chi connectivity index (χ1v) is 9.29. The van der Waals surface area contributed by atoms with Crippen molar-refractivity contribution in [3.63, 3.8) is 0 Å². The Bertz CT molecular complexity index is 1220. The van der Waals surface area contributed by atoms with Crippen molar-refractivity contribution in [2.75, 3.05) is 0 Å². The first-order valence-electron chi connectivity index (χ1n) is 8.91. The molecule has 1 heterocycles. The van der Waals surface area contributed by atoms with Crippen molar-refractivity contribution in [2.24, 2.45) is 0 Å². The van der Waals surface area contributed by atoms with E-state index in [1.807, 2.05) is 0 Å². The van der Waals surface area contributed by atoms with Crippen LogP contribution in [0.1, 0.15) is 17.2 Å². The minimum atomic E-state index is -4.53. The summed E-state index contributed by atoms with van der Waals surface area (Å²) in [5.74, 6) is -1.28. The molecule has 1 N–H and O–H groups in total. The fourth-order valence-corrected chi connectivity index (χ4v) is 3.12. The molecule has 0 saturated heterocycles. The predicted molar refractivity (Wildman–Crippen MR) is 106 cm³/mol. The number of rotatable bonds is 5. The van der Waals surface area contributed by atoms with Crippen LogP contribution in [0.5, 0.6) is 5.75 Å². The highest BCUT2D eigenvalue weighted by atomic mass is 35.5. The van der Waals surface area contributed by atoms with Crippen LogP contribution in [-0.4, -0.2) is 26.1 Å². The average molecular weight is 448 g/mol. The lowest BCUT2D eigenvalue weighted by molar-refractivity contribution is -0.145. The van der Waals surface area contributed by atoms with Crippen molar-refractivity contribution in [1.82, 2.24) is 15.0 Å². The van der Waals surface area contributed by atoms with Gasteiger partial charge in [-0.15, -0.1) is 15.0 Å². The highest BCUT2D eigenvalue weighted by Crippen LogP contribution is 2.33. The molecule has 31 heavy (non-hydrogen) atoms. The highest BCUT2D eigenvalue weighted by molar-refractivity contribution is 6.30. The second-order valence-electron chi connectivity index (χ2n) is 6.55. The number of carbonyl (C=O) groups is 1. The molecular weight excluding hydrogens is 435 g/mol. The van der Waals surface area contributed by atoms with Crippen LogP contribution < -0.4 is 4.74 Å². The molecule has 0 amide bonds. The third kappa shape index (κ3) is 4.31. The van der Waals surface area contributed by atoms with Gasteiger partial charge in [0.1, 0.15) is 22.5 Å². The lowest BCUT2D eigenvalue weighted by atomic mass is 10.1. The smallest absolute Gasteiger partial charge is 0.416 e. The number of halogens is 4. The van der Waals surface area contributed by atoms with Gasteiger partial charge in [-0.25, -0.2) is 4.79 Å². The van der Waals surface area contributed by atoms with E-state index >= 15 is 0 Å². The van der Waals surface area contributed by atoms with Gasteiger partial charge in [0, 0.05) is 10.6 Å². The Morgan fingerprint density at radius 2 is 1.61 bits per heavy atom. The lowest BCUT2D eigenvalue weighted by Crippen LogP contribution is -2.19. The third-order valence-corrected chi connectivity index (χ3v) is 4.67. The zero-order valence-electron chi connectivity index (χ0n) is 15.5. The highest BCUT2D eigenvalue weighted by Gasteiger charge is 2.31. The molecule has 0 aliphatic rings. The molecule has 0 saturated carbocycles. The van der Waals surface area contributed by atoms with Gasteiger partial charge in [-0.2, -0.15) is 13.2 Å². The van der Waals surface area contributed by atoms with Crippen LogP contribution in [0.15, 0.2) is 66.7 Å². The number of fused-ring (bicyclic) bond motifs is 1. The number of hydrogen-bond donors (Lipinski definition) is 1. The van der Waals surface area contributed by atoms with E-state index < -0.39 is 23.8 Å². The number of hydrogen-bond acceptors (Lipinski definition) is 4. The topological polar surface area (TPSA) is 77.2 Å². The van der Waals surface area contributed by atoms with E-state index in [9.17, 15) is 23.1 Å². The van der Waals surface area contributed by atoms with Crippen molar-refractivity contribution in [2.45, 2.75) is 12.3 Å². The van der Waals surface area contributed by atoms with Gasteiger partial charge < -0.3 is 9.84 Å². The number of ether oxygens (including phenoxy) is 1. The summed E-state index contributed by atoms with van der Waals surface area (Å²) in [6.07, 6.45) is -6.10. The van der Waals surface area contributed by atoms with Gasteiger partial charge in [-0.1, -0.05) is 35.9 Å². The normalized spacial score (nSPS) is 12.6. The second kappa shape index (κ2) is 7.92. The maximum atomic E-state index is 12.8. The van der Waals surface area contributed by atoms with Gasteiger partial charge in [-0.3, -0.25) is 0 Å². The molecule has 0 aliphatic heterocycles. The average Bonchev–Trinajstić information content (AvgIpc) is 3.16. The van der Waals surface area contributed by atoms with Gasteiger partial charge >= 0.3 is 12.1 Å². The van der Waals surface area contributed by atoms with E-state index in [0.29, 0.717) is 16.1 Å². The predicted octanol–water partition coefficient (Wildman–Crippen LogP) is 5.30. The van der Waals surface area contributed by atoms with Gasteiger partial charge in [0.2, 0.25) is 6.10 Å². The first-order chi connectivity index (χ1) is 14.7. The van der Waals surface area contributed by atoms with Gasteiger partial charge in [0.15, 0.2) is 0 Å². The minimum absolute atomic E-state index is 0.0417. The molecule has 0 radical (unpaired) electrons. The number of nitrogens with zero attached hydrogens (tertiary/aromatic N) is 3. The Hall–Kier alpha value is -3.59. The lowest BCUT2D eigenvalue weighted by Gasteiger charge is -2.18. The van der Waals surface area contributed by atoms with E-state index in [1.165, 1.54) is 23.0 Å². The molecule has 1 aromatic heterocycles. The molecule has 10 heteroatoms. The zero-order valence-corrected chi connectivity index (χ0v) is 16.3. The molecule has 4 rings (SSSR count). The van der Waals surface area contributed by atoms with Crippen molar-refractivity contribution in [3.8, 4) is 11.4 Å². The van der Waals surface area contributed by atoms with E-state index in [2.05, 4.69) is 10.2 Å². The largest absolute Gasteiger partial charge is 0.478 e. The molecule has 3 aromatic carbocycles. The number of aliphatic carboxylic acids is 1. The van der Waals surface area contributed by atoms with E-state index in [1.54, 1.807) is 24.3 Å². The fraction of sp³-hybridized carbons (Fsp3) is 0.0952. The molecule has 158 valence electrons. The van der Waals surface area contributed by atoms with Crippen LogP contribution in [0.4, 0.5) is 13.2 Å². The second-order valence-corrected chi connectivity index (χ2v) is 6.98. The minimum Gasteiger partial charge on any atom is -0.478 e. The van der Waals surface area contributed by atoms with E-state index in [4.69, 9.17) is 16.3 Å². The van der Waals surface area contributed by atoms with Crippen LogP contribution in [0.25, 0.3) is 16.7 Å². The maximum Gasteiger partial charge on any atom is 0.416 e. The SMILES string of the molecule is O=C(O)C(Oc1ccc(Cl)cc1-n1nc2ccccc2n1)c1ccc(C(F)(F)F)cc1. The summed E-state index contributed by atoms with van der Waals surface area (Å²) in [7, 11) is 0. The summed E-state index contributed by atoms with van der Waals surface area (Å²) in [5, 5.41) is 18.7. The summed E-state index contributed by atoms with van der Waals surface area (Å²) in [6.45, 7) is 0. The Morgan fingerprint density at radius 3 is 2.16 bits per heavy atom. The van der Waals surface area contributed by atoms with Gasteiger partial charge in [0.05, 0.1) is 5.56 Å². The van der Waals surface area contributed by atoms with Crippen molar-refractivity contribution < 1.29 is 27.8 Å². The van der Waals surface area contributed by atoms with Gasteiger partial charge in [-0.05, 0) is 42.5 Å². The van der Waals surface area contributed by atoms with Crippen molar-refractivity contribution in [1.29, 1.82) is 0 Å². The van der Waals surface area contributed by atoms with Crippen LogP contribution in [0, 0.1) is 0 Å². The molecule has 6 nitrogen and oxygen atoms in total. The van der Waals surface area contributed by atoms with Crippen LogP contribution in [0.3, 0.4) is 0 Å². The molecule has 1 unspecified atom stereocenters. The van der Waals surface area contributed by atoms with Crippen LogP contribution in [-0.2, 0) is 11.0 Å². The van der Waals surface area contributed by atoms with Crippen LogP contribution >= 0.6 is 11.6 Å². The number of carboxylic acid groups (broad SMARTS) is 1. The third-order valence-electron chi connectivity index (χ3n) is 4.43. The Balaban J connectivity index is 1.72. The summed E-state index contributed by atoms with van der Waals surface area (Å²) < 4.78 is 44.1. The molecule has 4 aromatic rings. The summed E-state index contributed by atoms with van der Waals surface area (Å²) in [6, 6.07) is 15.3. The summed E-state index contributed by atoms with van der Waals surface area (Å²) in [4.78, 5) is 13.1. The molecular formula is C21H13ClF3N3O3. The fourth-order valence-electron chi connectivity index (χ4n) is 2.95. The number of benzene rings is 3. The van der Waals surface area contributed by atoms with Gasteiger partial charge in [0.25, 0.3) is 0 Å². The molecule has 0 aliphatic carbocycles. The number of carboxylic acids is 1. The standard InChI is InChI=1S/C21H13ClF3N3O3/c22-14-9-10-18(17(11-14)28-26-15-3-1-2-4-16(15)27-28)31-19(20(29)30)12-5-7-13(8-6-12)21(23,24)25/h1-11,19H,(H,29,30). The van der Waals surface area contributed by atoms with E-state index in [0.717, 1.165) is 24.3 Å². The first kappa shape index (κ1) is 20.7. The Labute approximate surface area is 178 Å². The summed E-state index contributed by atoms with van der Waals surface area (Å²) in [5.41, 5.74) is 0.638. The van der Waals surface area contributed by atoms with E-state index in [-0.39, 0.29) is 17.0 Å². The van der Waals surface area contributed by atoms with Crippen LogP contribution in [0.2, 0.25) is 5.02 Å².